The lowest BCUT2D eigenvalue weighted by atomic mass is 9.82. The minimum Gasteiger partial charge on any atom is -0.473 e. The van der Waals surface area contributed by atoms with Crippen LogP contribution in [0.4, 0.5) is 0 Å². The van der Waals surface area contributed by atoms with Crippen molar-refractivity contribution >= 4 is 0 Å². The lowest BCUT2D eigenvalue weighted by molar-refractivity contribution is 0.0636. The Bertz CT molecular complexity index is 348. The highest BCUT2D eigenvalue weighted by atomic mass is 16.5. The third-order valence-electron chi connectivity index (χ3n) is 2.84. The molecule has 4 nitrogen and oxygen atoms in total. The zero-order valence-electron chi connectivity index (χ0n) is 9.23. The third kappa shape index (κ3) is 2.26. The van der Waals surface area contributed by atoms with Gasteiger partial charge in [-0.1, -0.05) is 0 Å². The number of ether oxygens (including phenoxy) is 1. The molecule has 1 aromatic heterocycles. The maximum atomic E-state index is 5.76. The number of hydrogen-bond acceptors (Lipinski definition) is 4. The molecule has 1 aromatic rings. The molecule has 1 heterocycles. The van der Waals surface area contributed by atoms with Crippen LogP contribution in [0.25, 0.3) is 0 Å². The molecule has 15 heavy (non-hydrogen) atoms. The van der Waals surface area contributed by atoms with E-state index in [0.29, 0.717) is 11.8 Å². The number of aromatic nitrogens is 2. The van der Waals surface area contributed by atoms with Gasteiger partial charge in [0, 0.05) is 6.20 Å². The molecule has 0 bridgehead atoms. The Balaban J connectivity index is 1.97. The van der Waals surface area contributed by atoms with E-state index >= 15 is 0 Å². The molecule has 0 atom stereocenters. The average molecular weight is 207 g/mol. The van der Waals surface area contributed by atoms with Gasteiger partial charge in [-0.3, -0.25) is 4.98 Å². The van der Waals surface area contributed by atoms with E-state index in [1.54, 1.807) is 6.20 Å². The molecule has 1 aliphatic rings. The van der Waals surface area contributed by atoms with Gasteiger partial charge in [-0.15, -0.1) is 0 Å². The van der Waals surface area contributed by atoms with Gasteiger partial charge in [-0.25, -0.2) is 4.98 Å². The van der Waals surface area contributed by atoms with Gasteiger partial charge >= 0.3 is 0 Å². The van der Waals surface area contributed by atoms with Gasteiger partial charge in [-0.2, -0.15) is 0 Å². The van der Waals surface area contributed by atoms with Crippen molar-refractivity contribution in [2.75, 3.05) is 6.54 Å². The molecule has 1 saturated carbocycles. The van der Waals surface area contributed by atoms with Crippen molar-refractivity contribution in [1.29, 1.82) is 0 Å². The molecular weight excluding hydrogens is 190 g/mol. The zero-order valence-corrected chi connectivity index (χ0v) is 9.23. The highest BCUT2D eigenvalue weighted by molar-refractivity contribution is 5.18. The highest BCUT2D eigenvalue weighted by Crippen LogP contribution is 2.30. The number of aryl methyl sites for hydroxylation is 2. The minimum absolute atomic E-state index is 0.286. The van der Waals surface area contributed by atoms with Crippen LogP contribution in [-0.2, 0) is 0 Å². The Kier molecular flexibility index (Phi) is 2.86. The summed E-state index contributed by atoms with van der Waals surface area (Å²) in [5.41, 5.74) is 7.31. The number of rotatable bonds is 3. The fourth-order valence-electron chi connectivity index (χ4n) is 1.75. The number of hydrogen-bond donors (Lipinski definition) is 1. The number of nitrogens with two attached hydrogens (primary N) is 1. The summed E-state index contributed by atoms with van der Waals surface area (Å²) in [5, 5.41) is 0. The van der Waals surface area contributed by atoms with Crippen molar-refractivity contribution < 1.29 is 4.74 Å². The van der Waals surface area contributed by atoms with Crippen LogP contribution in [0, 0.1) is 19.8 Å². The molecule has 0 amide bonds. The summed E-state index contributed by atoms with van der Waals surface area (Å²) in [5.74, 6) is 1.31. The van der Waals surface area contributed by atoms with Crippen molar-refractivity contribution in [2.45, 2.75) is 32.8 Å². The van der Waals surface area contributed by atoms with E-state index in [0.717, 1.165) is 30.8 Å². The summed E-state index contributed by atoms with van der Waals surface area (Å²) in [6, 6.07) is 0. The van der Waals surface area contributed by atoms with Gasteiger partial charge in [0.1, 0.15) is 6.10 Å². The summed E-state index contributed by atoms with van der Waals surface area (Å²) in [6.07, 6.45) is 4.14. The molecule has 4 heteroatoms. The summed E-state index contributed by atoms with van der Waals surface area (Å²) in [6.45, 7) is 4.60. The first-order valence-electron chi connectivity index (χ1n) is 5.36. The van der Waals surface area contributed by atoms with Crippen LogP contribution in [0.5, 0.6) is 5.88 Å². The predicted molar refractivity (Wildman–Crippen MR) is 57.7 cm³/mol. The van der Waals surface area contributed by atoms with Crippen molar-refractivity contribution in [1.82, 2.24) is 9.97 Å². The maximum absolute atomic E-state index is 5.76. The molecule has 0 unspecified atom stereocenters. The van der Waals surface area contributed by atoms with Crippen LogP contribution in [0.2, 0.25) is 0 Å². The molecule has 2 rings (SSSR count). The van der Waals surface area contributed by atoms with Crippen molar-refractivity contribution in [3.8, 4) is 5.88 Å². The van der Waals surface area contributed by atoms with Gasteiger partial charge < -0.3 is 10.5 Å². The first-order chi connectivity index (χ1) is 7.19. The summed E-state index contributed by atoms with van der Waals surface area (Å²) < 4.78 is 5.76. The molecule has 0 saturated heterocycles. The summed E-state index contributed by atoms with van der Waals surface area (Å²) in [7, 11) is 0. The summed E-state index contributed by atoms with van der Waals surface area (Å²) >= 11 is 0. The molecule has 0 radical (unpaired) electrons. The van der Waals surface area contributed by atoms with Gasteiger partial charge in [-0.05, 0) is 39.2 Å². The quantitative estimate of drug-likeness (QED) is 0.809. The molecule has 1 fully saturated rings. The second-order valence-electron chi connectivity index (χ2n) is 4.21. The first-order valence-corrected chi connectivity index (χ1v) is 5.36. The second kappa shape index (κ2) is 4.14. The Morgan fingerprint density at radius 2 is 2.20 bits per heavy atom. The van der Waals surface area contributed by atoms with E-state index in [1.165, 1.54) is 0 Å². The minimum atomic E-state index is 0.286. The van der Waals surface area contributed by atoms with Crippen LogP contribution in [0.15, 0.2) is 6.20 Å². The molecule has 0 spiro atoms. The molecule has 82 valence electrons. The molecule has 0 aliphatic heterocycles. The van der Waals surface area contributed by atoms with Crippen LogP contribution < -0.4 is 10.5 Å². The molecule has 2 N–H and O–H groups in total. The van der Waals surface area contributed by atoms with Gasteiger partial charge in [0.05, 0.1) is 11.4 Å². The Morgan fingerprint density at radius 3 is 2.87 bits per heavy atom. The van der Waals surface area contributed by atoms with E-state index in [-0.39, 0.29) is 6.10 Å². The van der Waals surface area contributed by atoms with Crippen LogP contribution >= 0.6 is 0 Å². The topological polar surface area (TPSA) is 61.0 Å². The third-order valence-corrected chi connectivity index (χ3v) is 2.84. The van der Waals surface area contributed by atoms with Gasteiger partial charge in [0.2, 0.25) is 5.88 Å². The Labute approximate surface area is 89.9 Å². The summed E-state index contributed by atoms with van der Waals surface area (Å²) in [4.78, 5) is 8.55. The Hall–Kier alpha value is -1.16. The standard InChI is InChI=1S/C11H17N3O/c1-7-6-13-8(2)11(14-7)15-10-3-9(4-10)5-12/h6,9-10H,3-5,12H2,1-2H3. The first kappa shape index (κ1) is 10.4. The normalized spacial score (nSPS) is 24.7. The average Bonchev–Trinajstić information content (AvgIpc) is 2.16. The predicted octanol–water partition coefficient (Wildman–Crippen LogP) is 1.21. The van der Waals surface area contributed by atoms with Crippen molar-refractivity contribution in [2.24, 2.45) is 11.7 Å². The van der Waals surface area contributed by atoms with Crippen LogP contribution in [0.1, 0.15) is 24.2 Å². The van der Waals surface area contributed by atoms with Gasteiger partial charge in [0.25, 0.3) is 0 Å². The smallest absolute Gasteiger partial charge is 0.235 e. The SMILES string of the molecule is Cc1cnc(C)c(OC2CC(CN)C2)n1. The lowest BCUT2D eigenvalue weighted by Crippen LogP contribution is -2.38. The lowest BCUT2D eigenvalue weighted by Gasteiger charge is -2.34. The highest BCUT2D eigenvalue weighted by Gasteiger charge is 2.30. The van der Waals surface area contributed by atoms with Crippen molar-refractivity contribution in [3.63, 3.8) is 0 Å². The van der Waals surface area contributed by atoms with E-state index < -0.39 is 0 Å². The largest absolute Gasteiger partial charge is 0.473 e. The monoisotopic (exact) mass is 207 g/mol. The number of nitrogens with zero attached hydrogens (tertiary/aromatic N) is 2. The van der Waals surface area contributed by atoms with E-state index in [4.69, 9.17) is 10.5 Å². The second-order valence-corrected chi connectivity index (χ2v) is 4.21. The van der Waals surface area contributed by atoms with E-state index in [1.807, 2.05) is 13.8 Å². The zero-order chi connectivity index (χ0) is 10.8. The molecule has 1 aliphatic carbocycles. The molecular formula is C11H17N3O. The molecule has 0 aromatic carbocycles. The maximum Gasteiger partial charge on any atom is 0.235 e. The van der Waals surface area contributed by atoms with Crippen LogP contribution in [-0.4, -0.2) is 22.6 Å². The van der Waals surface area contributed by atoms with E-state index in [9.17, 15) is 0 Å². The van der Waals surface area contributed by atoms with E-state index in [2.05, 4.69) is 9.97 Å². The fraction of sp³-hybridized carbons (Fsp3) is 0.636. The fourth-order valence-corrected chi connectivity index (χ4v) is 1.75. The van der Waals surface area contributed by atoms with Crippen LogP contribution in [0.3, 0.4) is 0 Å². The van der Waals surface area contributed by atoms with Crippen molar-refractivity contribution in [3.05, 3.63) is 17.6 Å². The van der Waals surface area contributed by atoms with Gasteiger partial charge in [0.15, 0.2) is 0 Å². The Morgan fingerprint density at radius 1 is 1.47 bits per heavy atom.